The van der Waals surface area contributed by atoms with Crippen LogP contribution in [0.2, 0.25) is 0 Å². The van der Waals surface area contributed by atoms with Gasteiger partial charge in [-0.3, -0.25) is 4.79 Å². The number of aliphatic hydroxyl groups is 1. The Hall–Kier alpha value is -1.55. The smallest absolute Gasteiger partial charge is 0.224 e. The topological polar surface area (TPSA) is 58.6 Å². The van der Waals surface area contributed by atoms with E-state index in [1.807, 2.05) is 32.0 Å². The van der Waals surface area contributed by atoms with Crippen molar-refractivity contribution >= 4 is 5.91 Å². The zero-order chi connectivity index (χ0) is 14.3. The minimum absolute atomic E-state index is 0.0191. The quantitative estimate of drug-likeness (QED) is 0.790. The molecule has 19 heavy (non-hydrogen) atoms. The lowest BCUT2D eigenvalue weighted by atomic mass is 10.1. The molecule has 2 N–H and O–H groups in total. The average Bonchev–Trinajstić information content (AvgIpc) is 2.36. The third-order valence-electron chi connectivity index (χ3n) is 2.99. The number of hydrogen-bond donors (Lipinski definition) is 2. The maximum Gasteiger partial charge on any atom is 0.224 e. The number of benzene rings is 1. The Kier molecular flexibility index (Phi) is 6.36. The molecule has 4 heteroatoms. The summed E-state index contributed by atoms with van der Waals surface area (Å²) < 4.78 is 5.26. The van der Waals surface area contributed by atoms with E-state index in [0.717, 1.165) is 23.3 Å². The van der Waals surface area contributed by atoms with Crippen LogP contribution in [0.5, 0.6) is 5.75 Å². The number of rotatable bonds is 7. The van der Waals surface area contributed by atoms with E-state index in [4.69, 9.17) is 9.84 Å². The summed E-state index contributed by atoms with van der Waals surface area (Å²) in [6.45, 7) is 4.09. The second-order valence-electron chi connectivity index (χ2n) is 4.83. The zero-order valence-corrected chi connectivity index (χ0v) is 11.9. The number of amides is 1. The predicted octanol–water partition coefficient (Wildman–Crippen LogP) is 1.82. The van der Waals surface area contributed by atoms with E-state index < -0.39 is 0 Å². The first-order valence-corrected chi connectivity index (χ1v) is 6.60. The van der Waals surface area contributed by atoms with Crippen molar-refractivity contribution in [3.05, 3.63) is 29.3 Å². The molecule has 1 atom stereocenters. The van der Waals surface area contributed by atoms with Gasteiger partial charge in [0.05, 0.1) is 13.5 Å². The van der Waals surface area contributed by atoms with E-state index in [9.17, 15) is 4.79 Å². The molecular weight excluding hydrogens is 242 g/mol. The number of carbonyl (C=O) groups is 1. The SMILES string of the molecule is COc1ccc(C)cc1CC(=O)NC(C)CCCO. The highest BCUT2D eigenvalue weighted by Crippen LogP contribution is 2.20. The van der Waals surface area contributed by atoms with Gasteiger partial charge in [-0.1, -0.05) is 17.7 Å². The van der Waals surface area contributed by atoms with Crippen LogP contribution >= 0.6 is 0 Å². The van der Waals surface area contributed by atoms with Gasteiger partial charge in [-0.25, -0.2) is 0 Å². The summed E-state index contributed by atoms with van der Waals surface area (Å²) in [5, 5.41) is 11.7. The average molecular weight is 265 g/mol. The van der Waals surface area contributed by atoms with Crippen molar-refractivity contribution in [3.63, 3.8) is 0 Å². The number of carbonyl (C=O) groups excluding carboxylic acids is 1. The van der Waals surface area contributed by atoms with Gasteiger partial charge in [0.1, 0.15) is 5.75 Å². The standard InChI is InChI=1S/C15H23NO3/c1-11-6-7-14(19-3)13(9-11)10-15(18)16-12(2)5-4-8-17/h6-7,9,12,17H,4-5,8,10H2,1-3H3,(H,16,18). The van der Waals surface area contributed by atoms with Crippen LogP contribution in [0.25, 0.3) is 0 Å². The van der Waals surface area contributed by atoms with Crippen molar-refractivity contribution in [2.75, 3.05) is 13.7 Å². The van der Waals surface area contributed by atoms with Crippen LogP contribution in [0.15, 0.2) is 18.2 Å². The largest absolute Gasteiger partial charge is 0.496 e. The van der Waals surface area contributed by atoms with E-state index in [1.54, 1.807) is 7.11 Å². The second-order valence-corrected chi connectivity index (χ2v) is 4.83. The molecule has 0 aliphatic rings. The van der Waals surface area contributed by atoms with Crippen LogP contribution in [0.1, 0.15) is 30.9 Å². The Balaban J connectivity index is 2.59. The Morgan fingerprint density at radius 3 is 2.84 bits per heavy atom. The Morgan fingerprint density at radius 2 is 2.21 bits per heavy atom. The molecule has 0 aliphatic carbocycles. The molecule has 1 aromatic carbocycles. The second kappa shape index (κ2) is 7.79. The van der Waals surface area contributed by atoms with Crippen molar-refractivity contribution in [2.24, 2.45) is 0 Å². The third-order valence-corrected chi connectivity index (χ3v) is 2.99. The maximum atomic E-state index is 11.9. The Morgan fingerprint density at radius 1 is 1.47 bits per heavy atom. The number of hydrogen-bond acceptors (Lipinski definition) is 3. The van der Waals surface area contributed by atoms with Crippen molar-refractivity contribution < 1.29 is 14.6 Å². The molecule has 1 unspecified atom stereocenters. The van der Waals surface area contributed by atoms with E-state index in [-0.39, 0.29) is 18.6 Å². The number of methoxy groups -OCH3 is 1. The Labute approximate surface area is 114 Å². The van der Waals surface area contributed by atoms with Gasteiger partial charge in [-0.05, 0) is 32.8 Å². The fourth-order valence-corrected chi connectivity index (χ4v) is 2.01. The Bertz CT molecular complexity index is 418. The summed E-state index contributed by atoms with van der Waals surface area (Å²) in [5.41, 5.74) is 2.01. The van der Waals surface area contributed by atoms with Crippen LogP contribution < -0.4 is 10.1 Å². The van der Waals surface area contributed by atoms with Crippen molar-refractivity contribution in [1.82, 2.24) is 5.32 Å². The summed E-state index contributed by atoms with van der Waals surface area (Å²) in [5.74, 6) is 0.720. The minimum Gasteiger partial charge on any atom is -0.496 e. The van der Waals surface area contributed by atoms with Crippen LogP contribution in [-0.2, 0) is 11.2 Å². The van der Waals surface area contributed by atoms with Gasteiger partial charge in [-0.2, -0.15) is 0 Å². The van der Waals surface area contributed by atoms with Gasteiger partial charge in [0.2, 0.25) is 5.91 Å². The normalized spacial score (nSPS) is 12.0. The fourth-order valence-electron chi connectivity index (χ4n) is 2.01. The number of nitrogens with one attached hydrogen (secondary N) is 1. The maximum absolute atomic E-state index is 11.9. The summed E-state index contributed by atoms with van der Waals surface area (Å²) in [6, 6.07) is 5.89. The summed E-state index contributed by atoms with van der Waals surface area (Å²) in [6.07, 6.45) is 1.80. The lowest BCUT2D eigenvalue weighted by molar-refractivity contribution is -0.121. The van der Waals surface area contributed by atoms with Gasteiger partial charge in [-0.15, -0.1) is 0 Å². The fraction of sp³-hybridized carbons (Fsp3) is 0.533. The highest BCUT2D eigenvalue weighted by Gasteiger charge is 2.11. The van der Waals surface area contributed by atoms with Crippen molar-refractivity contribution in [2.45, 2.75) is 39.2 Å². The lowest BCUT2D eigenvalue weighted by Gasteiger charge is -2.14. The molecule has 1 amide bonds. The van der Waals surface area contributed by atoms with E-state index >= 15 is 0 Å². The van der Waals surface area contributed by atoms with Crippen LogP contribution in [0.4, 0.5) is 0 Å². The molecule has 0 saturated heterocycles. The van der Waals surface area contributed by atoms with E-state index in [0.29, 0.717) is 12.8 Å². The monoisotopic (exact) mass is 265 g/mol. The zero-order valence-electron chi connectivity index (χ0n) is 11.9. The molecule has 0 aliphatic heterocycles. The van der Waals surface area contributed by atoms with Crippen LogP contribution in [0.3, 0.4) is 0 Å². The summed E-state index contributed by atoms with van der Waals surface area (Å²) in [7, 11) is 1.61. The molecular formula is C15H23NO3. The van der Waals surface area contributed by atoms with E-state index in [1.165, 1.54) is 0 Å². The van der Waals surface area contributed by atoms with Crippen LogP contribution in [0, 0.1) is 6.92 Å². The molecule has 0 aromatic heterocycles. The molecule has 0 bridgehead atoms. The summed E-state index contributed by atoms with van der Waals surface area (Å²) in [4.78, 5) is 11.9. The van der Waals surface area contributed by atoms with Crippen molar-refractivity contribution in [1.29, 1.82) is 0 Å². The predicted molar refractivity (Wildman–Crippen MR) is 75.4 cm³/mol. The first-order valence-electron chi connectivity index (χ1n) is 6.60. The first-order chi connectivity index (χ1) is 9.06. The molecule has 4 nitrogen and oxygen atoms in total. The van der Waals surface area contributed by atoms with E-state index in [2.05, 4.69) is 5.32 Å². The molecule has 106 valence electrons. The molecule has 0 spiro atoms. The minimum atomic E-state index is -0.0191. The molecule has 1 aromatic rings. The first kappa shape index (κ1) is 15.5. The highest BCUT2D eigenvalue weighted by atomic mass is 16.5. The van der Waals surface area contributed by atoms with Gasteiger partial charge < -0.3 is 15.2 Å². The van der Waals surface area contributed by atoms with Gasteiger partial charge >= 0.3 is 0 Å². The van der Waals surface area contributed by atoms with Crippen molar-refractivity contribution in [3.8, 4) is 5.75 Å². The number of aryl methyl sites for hydroxylation is 1. The molecule has 1 rings (SSSR count). The highest BCUT2D eigenvalue weighted by molar-refractivity contribution is 5.79. The number of ether oxygens (including phenoxy) is 1. The van der Waals surface area contributed by atoms with Gasteiger partial charge in [0.25, 0.3) is 0 Å². The summed E-state index contributed by atoms with van der Waals surface area (Å²) >= 11 is 0. The molecule has 0 heterocycles. The molecule has 0 fully saturated rings. The lowest BCUT2D eigenvalue weighted by Crippen LogP contribution is -2.33. The molecule has 0 radical (unpaired) electrons. The third kappa shape index (κ3) is 5.30. The molecule has 0 saturated carbocycles. The number of aliphatic hydroxyl groups excluding tert-OH is 1. The van der Waals surface area contributed by atoms with Crippen LogP contribution in [-0.4, -0.2) is 30.8 Å². The van der Waals surface area contributed by atoms with Gasteiger partial charge in [0.15, 0.2) is 0 Å². The van der Waals surface area contributed by atoms with Gasteiger partial charge in [0, 0.05) is 18.2 Å².